The van der Waals surface area contributed by atoms with Crippen molar-refractivity contribution in [2.45, 2.75) is 12.8 Å². The highest BCUT2D eigenvalue weighted by Crippen LogP contribution is 2.33. The highest BCUT2D eigenvalue weighted by molar-refractivity contribution is 6.30. The number of benzene rings is 1. The predicted molar refractivity (Wildman–Crippen MR) is 70.6 cm³/mol. The van der Waals surface area contributed by atoms with Crippen LogP contribution in [0.3, 0.4) is 0 Å². The first-order valence-corrected chi connectivity index (χ1v) is 6.50. The lowest BCUT2D eigenvalue weighted by atomic mass is 10.0. The Morgan fingerprint density at radius 3 is 2.95 bits per heavy atom. The van der Waals surface area contributed by atoms with Gasteiger partial charge in [0.1, 0.15) is 11.4 Å². The molecule has 7 heteroatoms. The van der Waals surface area contributed by atoms with E-state index in [2.05, 4.69) is 15.3 Å². The van der Waals surface area contributed by atoms with Crippen molar-refractivity contribution in [3.05, 3.63) is 40.7 Å². The number of fused-ring (bicyclic) bond motifs is 3. The van der Waals surface area contributed by atoms with E-state index in [4.69, 9.17) is 16.2 Å². The van der Waals surface area contributed by atoms with Crippen LogP contribution in [0.2, 0.25) is 5.02 Å². The van der Waals surface area contributed by atoms with Crippen molar-refractivity contribution in [1.82, 2.24) is 20.0 Å². The molecule has 4 rings (SSSR count). The van der Waals surface area contributed by atoms with Crippen LogP contribution in [-0.4, -0.2) is 25.2 Å². The normalized spacial score (nSPS) is 13.1. The predicted octanol–water partition coefficient (Wildman–Crippen LogP) is 2.59. The van der Waals surface area contributed by atoms with E-state index >= 15 is 0 Å². The van der Waals surface area contributed by atoms with Crippen molar-refractivity contribution in [3.63, 3.8) is 0 Å². The molecule has 0 saturated carbocycles. The Balaban J connectivity index is 1.93. The van der Waals surface area contributed by atoms with E-state index in [0.29, 0.717) is 40.8 Å². The summed E-state index contributed by atoms with van der Waals surface area (Å²) in [7, 11) is 0. The third kappa shape index (κ3) is 1.55. The van der Waals surface area contributed by atoms with E-state index in [0.717, 1.165) is 16.0 Å². The summed E-state index contributed by atoms with van der Waals surface area (Å²) >= 11 is 5.98. The van der Waals surface area contributed by atoms with Gasteiger partial charge >= 0.3 is 0 Å². The van der Waals surface area contributed by atoms with Crippen LogP contribution in [0.1, 0.15) is 11.4 Å². The van der Waals surface area contributed by atoms with Crippen LogP contribution in [-0.2, 0) is 12.8 Å². The van der Waals surface area contributed by atoms with Crippen LogP contribution >= 0.6 is 11.6 Å². The molecule has 2 aromatic heterocycles. The Morgan fingerprint density at radius 1 is 1.20 bits per heavy atom. The fourth-order valence-electron chi connectivity index (χ4n) is 2.46. The van der Waals surface area contributed by atoms with E-state index in [1.165, 1.54) is 0 Å². The molecule has 2 heterocycles. The molecule has 0 amide bonds. The molecule has 20 heavy (non-hydrogen) atoms. The first-order chi connectivity index (χ1) is 9.74. The molecule has 3 aromatic rings. The van der Waals surface area contributed by atoms with Gasteiger partial charge in [0, 0.05) is 17.0 Å². The summed E-state index contributed by atoms with van der Waals surface area (Å²) in [6.07, 6.45) is 1.31. The van der Waals surface area contributed by atoms with Crippen LogP contribution in [0.4, 0.5) is 0 Å². The SMILES string of the molecule is On1c(-c2cccc(Cl)c2)nc2c1CCc1nonc1-2. The average molecular weight is 289 g/mol. The van der Waals surface area contributed by atoms with Crippen molar-refractivity contribution in [2.75, 3.05) is 0 Å². The highest BCUT2D eigenvalue weighted by Gasteiger charge is 2.28. The Morgan fingerprint density at radius 2 is 2.10 bits per heavy atom. The van der Waals surface area contributed by atoms with Crippen molar-refractivity contribution in [3.8, 4) is 22.8 Å². The zero-order chi connectivity index (χ0) is 13.7. The van der Waals surface area contributed by atoms with Gasteiger partial charge < -0.3 is 5.21 Å². The van der Waals surface area contributed by atoms with E-state index in [9.17, 15) is 5.21 Å². The summed E-state index contributed by atoms with van der Waals surface area (Å²) in [4.78, 5) is 4.47. The van der Waals surface area contributed by atoms with Crippen LogP contribution in [0, 0.1) is 0 Å². The van der Waals surface area contributed by atoms with Gasteiger partial charge in [-0.25, -0.2) is 9.61 Å². The highest BCUT2D eigenvalue weighted by atomic mass is 35.5. The Hall–Kier alpha value is -2.34. The summed E-state index contributed by atoms with van der Waals surface area (Å²) in [5.41, 5.74) is 3.44. The maximum Gasteiger partial charge on any atom is 0.176 e. The number of halogens is 1. The number of imidazole rings is 1. The van der Waals surface area contributed by atoms with Gasteiger partial charge in [-0.05, 0) is 23.7 Å². The second kappa shape index (κ2) is 4.08. The summed E-state index contributed by atoms with van der Waals surface area (Å²) in [5.74, 6) is 0.438. The van der Waals surface area contributed by atoms with Gasteiger partial charge in [0.05, 0.1) is 5.69 Å². The van der Waals surface area contributed by atoms with E-state index in [1.54, 1.807) is 12.1 Å². The maximum absolute atomic E-state index is 10.3. The molecule has 0 saturated heterocycles. The van der Waals surface area contributed by atoms with E-state index < -0.39 is 0 Å². The maximum atomic E-state index is 10.3. The zero-order valence-corrected chi connectivity index (χ0v) is 11.0. The molecule has 0 atom stereocenters. The van der Waals surface area contributed by atoms with Gasteiger partial charge in [0.15, 0.2) is 11.5 Å². The molecule has 0 spiro atoms. The largest absolute Gasteiger partial charge is 0.427 e. The molecule has 0 bridgehead atoms. The fraction of sp³-hybridized carbons (Fsp3) is 0.154. The topological polar surface area (TPSA) is 77.0 Å². The number of hydrogen-bond donors (Lipinski definition) is 1. The molecule has 1 aromatic carbocycles. The number of rotatable bonds is 1. The second-order valence-corrected chi connectivity index (χ2v) is 5.05. The van der Waals surface area contributed by atoms with Crippen molar-refractivity contribution < 1.29 is 9.84 Å². The van der Waals surface area contributed by atoms with Gasteiger partial charge in [-0.3, -0.25) is 0 Å². The fourth-order valence-corrected chi connectivity index (χ4v) is 2.65. The van der Waals surface area contributed by atoms with Crippen LogP contribution in [0.25, 0.3) is 22.8 Å². The molecule has 6 nitrogen and oxygen atoms in total. The molecule has 0 fully saturated rings. The van der Waals surface area contributed by atoms with Gasteiger partial charge in [-0.2, -0.15) is 4.73 Å². The van der Waals surface area contributed by atoms with Crippen molar-refractivity contribution in [1.29, 1.82) is 0 Å². The van der Waals surface area contributed by atoms with Crippen molar-refractivity contribution in [2.24, 2.45) is 0 Å². The first kappa shape index (κ1) is 11.5. The van der Waals surface area contributed by atoms with Gasteiger partial charge in [-0.15, -0.1) is 0 Å². The smallest absolute Gasteiger partial charge is 0.176 e. The average Bonchev–Trinajstić information content (AvgIpc) is 3.03. The van der Waals surface area contributed by atoms with E-state index in [-0.39, 0.29) is 0 Å². The first-order valence-electron chi connectivity index (χ1n) is 6.12. The summed E-state index contributed by atoms with van der Waals surface area (Å²) in [5, 5.41) is 18.6. The molecule has 1 aliphatic carbocycles. The van der Waals surface area contributed by atoms with Crippen LogP contribution in [0.15, 0.2) is 28.9 Å². The lowest BCUT2D eigenvalue weighted by Gasteiger charge is -2.08. The molecule has 0 radical (unpaired) electrons. The minimum absolute atomic E-state index is 0.438. The van der Waals surface area contributed by atoms with Crippen LogP contribution in [0.5, 0.6) is 0 Å². The lowest BCUT2D eigenvalue weighted by molar-refractivity contribution is 0.181. The van der Waals surface area contributed by atoms with Gasteiger partial charge in [0.25, 0.3) is 0 Å². The minimum atomic E-state index is 0.438. The standard InChI is InChI=1S/C13H9ClN4O2/c14-8-3-1-2-7(6-8)13-15-12-10(18(13)19)5-4-9-11(12)17-20-16-9/h1-3,6,19H,4-5H2. The van der Waals surface area contributed by atoms with Gasteiger partial charge in [0.2, 0.25) is 0 Å². The zero-order valence-electron chi connectivity index (χ0n) is 10.2. The van der Waals surface area contributed by atoms with E-state index in [1.807, 2.05) is 12.1 Å². The van der Waals surface area contributed by atoms with Crippen LogP contribution < -0.4 is 0 Å². The molecular weight excluding hydrogens is 280 g/mol. The summed E-state index contributed by atoms with van der Waals surface area (Å²) in [6.45, 7) is 0. The quantitative estimate of drug-likeness (QED) is 0.696. The summed E-state index contributed by atoms with van der Waals surface area (Å²) in [6, 6.07) is 7.18. The number of nitrogens with zero attached hydrogens (tertiary/aromatic N) is 4. The number of aromatic nitrogens is 4. The lowest BCUT2D eigenvalue weighted by Crippen LogP contribution is -2.07. The molecule has 100 valence electrons. The Bertz CT molecular complexity index is 809. The summed E-state index contributed by atoms with van der Waals surface area (Å²) < 4.78 is 5.84. The molecule has 0 unspecified atom stereocenters. The minimum Gasteiger partial charge on any atom is -0.427 e. The monoisotopic (exact) mass is 288 g/mol. The number of hydrogen-bond acceptors (Lipinski definition) is 5. The molecule has 0 aliphatic heterocycles. The number of aryl methyl sites for hydroxylation is 1. The third-order valence-corrected chi connectivity index (χ3v) is 3.64. The Labute approximate surface area is 118 Å². The molecule has 1 aliphatic rings. The Kier molecular flexibility index (Phi) is 2.34. The van der Waals surface area contributed by atoms with Gasteiger partial charge in [-0.1, -0.05) is 28.9 Å². The second-order valence-electron chi connectivity index (χ2n) is 4.61. The molecule has 1 N–H and O–H groups in total. The third-order valence-electron chi connectivity index (χ3n) is 3.41. The molecular formula is C13H9ClN4O2. The van der Waals surface area contributed by atoms with Crippen molar-refractivity contribution >= 4 is 11.6 Å².